The number of pyridine rings is 1. The van der Waals surface area contributed by atoms with Crippen molar-refractivity contribution in [1.82, 2.24) is 9.55 Å². The topological polar surface area (TPSA) is 62.3 Å². The summed E-state index contributed by atoms with van der Waals surface area (Å²) in [4.78, 5) is 4.89. The first-order valence-corrected chi connectivity index (χ1v) is 18.5. The molecule has 2 N–H and O–H groups in total. The lowest BCUT2D eigenvalue weighted by atomic mass is 9.96. The van der Waals surface area contributed by atoms with E-state index in [4.69, 9.17) is 28.4 Å². The Hall–Kier alpha value is -6.63. The first-order valence-electron chi connectivity index (χ1n) is 20.7. The summed E-state index contributed by atoms with van der Waals surface area (Å²) in [6, 6.07) is 50.4. The van der Waals surface area contributed by atoms with Gasteiger partial charge in [-0.25, -0.2) is 4.98 Å². The highest BCUT2D eigenvalue weighted by Gasteiger charge is 2.18. The molecule has 266 valence electrons. The number of para-hydroxylation sites is 2. The number of nitrogens with two attached hydrogens (primary N) is 1. The molecule has 5 nitrogen and oxygen atoms in total. The highest BCUT2D eigenvalue weighted by atomic mass is 79.9. The van der Waals surface area contributed by atoms with E-state index in [9.17, 15) is 0 Å². The summed E-state index contributed by atoms with van der Waals surface area (Å²) in [7, 11) is 0. The number of aromatic nitrogens is 2. The summed E-state index contributed by atoms with van der Waals surface area (Å²) >= 11 is 3.49. The Bertz CT molecular complexity index is 3090. The van der Waals surface area contributed by atoms with Crippen molar-refractivity contribution in [3.63, 3.8) is 0 Å². The van der Waals surface area contributed by atoms with Crippen molar-refractivity contribution in [2.24, 2.45) is 0 Å². The highest BCUT2D eigenvalue weighted by Crippen LogP contribution is 2.40. The van der Waals surface area contributed by atoms with Crippen LogP contribution in [0, 0.1) is 13.7 Å². The van der Waals surface area contributed by atoms with Gasteiger partial charge in [0, 0.05) is 63.7 Å². The van der Waals surface area contributed by atoms with Gasteiger partial charge < -0.3 is 15.2 Å². The molecule has 2 heterocycles. The van der Waals surface area contributed by atoms with Crippen LogP contribution in [-0.4, -0.2) is 9.55 Å². The van der Waals surface area contributed by atoms with E-state index in [1.54, 1.807) is 36.5 Å². The van der Waals surface area contributed by atoms with Gasteiger partial charge in [0.15, 0.2) is 0 Å². The number of hydrogen-bond donors (Lipinski definition) is 1. The largest absolute Gasteiger partial charge is 0.457 e. The van der Waals surface area contributed by atoms with Gasteiger partial charge in [-0.2, -0.15) is 0 Å². The second-order valence-corrected chi connectivity index (χ2v) is 14.1. The van der Waals surface area contributed by atoms with Crippen LogP contribution in [0.3, 0.4) is 0 Å². The minimum Gasteiger partial charge on any atom is -0.457 e. The van der Waals surface area contributed by atoms with Gasteiger partial charge in [-0.15, -0.1) is 0 Å². The third-order valence-corrected chi connectivity index (χ3v) is 10.1. The van der Waals surface area contributed by atoms with E-state index in [2.05, 4.69) is 15.9 Å². The van der Waals surface area contributed by atoms with E-state index < -0.39 is 13.7 Å². The molecule has 0 fully saturated rings. The molecule has 0 atom stereocenters. The van der Waals surface area contributed by atoms with Gasteiger partial charge >= 0.3 is 0 Å². The number of halogens is 1. The van der Waals surface area contributed by atoms with E-state index in [1.807, 2.05) is 138 Å². The molecule has 0 aliphatic carbocycles. The van der Waals surface area contributed by atoms with Crippen LogP contribution in [0.1, 0.15) is 19.4 Å². The maximum atomic E-state index is 8.73. The maximum absolute atomic E-state index is 8.73. The zero-order valence-corrected chi connectivity index (χ0v) is 30.9. The van der Waals surface area contributed by atoms with Gasteiger partial charge in [0.2, 0.25) is 0 Å². The molecule has 2 aromatic heterocycles. The number of hydrogen-bond acceptors (Lipinski definition) is 4. The Labute approximate surface area is 336 Å². The lowest BCUT2D eigenvalue weighted by Crippen LogP contribution is -2.00. The lowest BCUT2D eigenvalue weighted by molar-refractivity contribution is 0.483. The minimum atomic E-state index is -2.56. The molecule has 7 aromatic carbocycles. The number of rotatable bonds is 8. The summed E-state index contributed by atoms with van der Waals surface area (Å²) in [5.74, 6) is 2.48. The first kappa shape index (κ1) is 27.9. The van der Waals surface area contributed by atoms with Crippen molar-refractivity contribution >= 4 is 43.4 Å². The molecule has 0 unspecified atom stereocenters. The number of fused-ring (bicyclic) bond motifs is 3. The van der Waals surface area contributed by atoms with Crippen LogP contribution in [0.25, 0.3) is 61.0 Å². The van der Waals surface area contributed by atoms with Crippen LogP contribution in [0.4, 0.5) is 5.69 Å². The fraction of sp³-hybridized carbons (Fsp3) is 0.0408. The van der Waals surface area contributed by atoms with Crippen LogP contribution >= 0.6 is 15.9 Å². The summed E-state index contributed by atoms with van der Waals surface area (Å²) in [6.45, 7) is -4.89. The molecule has 0 aliphatic heterocycles. The predicted molar refractivity (Wildman–Crippen MR) is 230 cm³/mol. The van der Waals surface area contributed by atoms with Gasteiger partial charge in [0.05, 0.1) is 11.0 Å². The Kier molecular flexibility index (Phi) is 7.26. The summed E-state index contributed by atoms with van der Waals surface area (Å²) < 4.78 is 65.9. The number of ether oxygens (including phenoxy) is 2. The molecule has 55 heavy (non-hydrogen) atoms. The summed E-state index contributed by atoms with van der Waals surface area (Å²) in [6.07, 6.45) is 1.56. The highest BCUT2D eigenvalue weighted by molar-refractivity contribution is 9.10. The van der Waals surface area contributed by atoms with Gasteiger partial charge in [-0.05, 0) is 97.1 Å². The number of anilines is 1. The third-order valence-electron chi connectivity index (χ3n) is 9.65. The van der Waals surface area contributed by atoms with Crippen LogP contribution < -0.4 is 15.2 Å². The quantitative estimate of drug-likeness (QED) is 0.156. The number of aryl methyl sites for hydroxylation is 2. The number of benzene rings is 7. The smallest absolute Gasteiger partial charge is 0.137 e. The van der Waals surface area contributed by atoms with E-state index in [0.29, 0.717) is 62.0 Å². The molecule has 0 bridgehead atoms. The fourth-order valence-corrected chi connectivity index (χ4v) is 7.43. The second-order valence-electron chi connectivity index (χ2n) is 13.1. The second kappa shape index (κ2) is 14.3. The van der Waals surface area contributed by atoms with Crippen molar-refractivity contribution in [1.29, 1.82) is 0 Å². The fourth-order valence-electron chi connectivity index (χ4n) is 7.05. The van der Waals surface area contributed by atoms with E-state index >= 15 is 0 Å². The predicted octanol–water partition coefficient (Wildman–Crippen LogP) is 13.7. The zero-order chi connectivity index (χ0) is 42.5. The third kappa shape index (κ3) is 6.62. The Morgan fingerprint density at radius 1 is 0.564 bits per heavy atom. The van der Waals surface area contributed by atoms with Gasteiger partial charge in [0.25, 0.3) is 0 Å². The zero-order valence-electron chi connectivity index (χ0n) is 35.3. The molecule has 0 saturated carbocycles. The molecular weight excluding hydrogens is 742 g/mol. The summed E-state index contributed by atoms with van der Waals surface area (Å²) in [5, 5.41) is 1.43. The van der Waals surface area contributed by atoms with Crippen LogP contribution in [0.15, 0.2) is 174 Å². The van der Waals surface area contributed by atoms with Crippen molar-refractivity contribution in [3.05, 3.63) is 186 Å². The normalized spacial score (nSPS) is 13.3. The molecule has 6 heteroatoms. The first-order chi connectivity index (χ1) is 29.3. The van der Waals surface area contributed by atoms with Gasteiger partial charge in [0.1, 0.15) is 28.8 Å². The van der Waals surface area contributed by atoms with Crippen LogP contribution in [0.5, 0.6) is 23.0 Å². The lowest BCUT2D eigenvalue weighted by Gasteiger charge is -2.15. The van der Waals surface area contributed by atoms with E-state index in [-0.39, 0.29) is 11.1 Å². The Morgan fingerprint density at radius 2 is 1.29 bits per heavy atom. The molecule has 0 radical (unpaired) electrons. The molecule has 0 saturated heterocycles. The Morgan fingerprint density at radius 3 is 2.09 bits per heavy atom. The molecular formula is C49H36BrN3O2. The maximum Gasteiger partial charge on any atom is 0.137 e. The van der Waals surface area contributed by atoms with Gasteiger partial charge in [-0.1, -0.05) is 112 Å². The van der Waals surface area contributed by atoms with Crippen molar-refractivity contribution in [2.75, 3.05) is 5.73 Å². The van der Waals surface area contributed by atoms with Crippen molar-refractivity contribution < 1.29 is 17.7 Å². The van der Waals surface area contributed by atoms with E-state index in [0.717, 1.165) is 32.1 Å². The minimum absolute atomic E-state index is 0.0633. The van der Waals surface area contributed by atoms with Gasteiger partial charge in [-0.3, -0.25) is 4.57 Å². The molecule has 0 spiro atoms. The monoisotopic (exact) mass is 783 g/mol. The number of nitrogens with zero attached hydrogens (tertiary/aromatic N) is 2. The molecule has 0 aliphatic rings. The SMILES string of the molecule is [2H]C([2H])([2H])c1ccc2c(c1)c1ccc(Oc3cccc(Br)c3)cc1n2-c1cc(C([2H])([2H])[2H])c(-c2ccccc2Oc2ccc(-c3cccc(-c4ccccc4)c3N)cc2)cn1. The summed E-state index contributed by atoms with van der Waals surface area (Å²) in [5.41, 5.74) is 13.7. The van der Waals surface area contributed by atoms with Crippen LogP contribution in [-0.2, 0) is 0 Å². The average molecular weight is 785 g/mol. The van der Waals surface area contributed by atoms with Crippen molar-refractivity contribution in [3.8, 4) is 62.2 Å². The van der Waals surface area contributed by atoms with E-state index in [1.165, 1.54) is 0 Å². The Balaban J connectivity index is 1.11. The number of nitrogen functional groups attached to an aromatic ring is 1. The van der Waals surface area contributed by atoms with Crippen molar-refractivity contribution in [2.45, 2.75) is 13.7 Å². The molecule has 9 rings (SSSR count). The average Bonchev–Trinajstić information content (AvgIpc) is 3.57. The van der Waals surface area contributed by atoms with Crippen LogP contribution in [0.2, 0.25) is 0 Å². The standard InChI is InChI=1S/C49H36BrN3O2/c1-31-18-25-45-43(26-31)41-24-23-38(54-37-13-8-12-35(50)28-37)29-46(41)53(45)48-27-32(2)44(30-52-48)42-14-6-7-17-47(42)55-36-21-19-34(20-22-36)40-16-9-15-39(49(40)51)33-10-4-3-5-11-33/h3-30H,51H2,1-2H3/i1D3,2D3. The molecule has 9 aromatic rings. The molecule has 0 amide bonds.